The number of likely N-dealkylation sites (tertiary alicyclic amines) is 1. The average Bonchev–Trinajstić information content (AvgIpc) is 3.28. The molecule has 28 heavy (non-hydrogen) atoms. The molecule has 0 bridgehead atoms. The van der Waals surface area contributed by atoms with Crippen LogP contribution in [0.25, 0.3) is 0 Å². The fourth-order valence-corrected chi connectivity index (χ4v) is 6.11. The molecule has 0 radical (unpaired) electrons. The number of rotatable bonds is 5. The second-order valence-corrected chi connectivity index (χ2v) is 9.88. The van der Waals surface area contributed by atoms with Gasteiger partial charge in [0.05, 0.1) is 17.2 Å². The Morgan fingerprint density at radius 1 is 1.32 bits per heavy atom. The van der Waals surface area contributed by atoms with Gasteiger partial charge in [-0.25, -0.2) is 12.8 Å². The number of aliphatic hydroxyl groups excluding tert-OH is 1. The standard InChI is InChI=1S/C19H24FN3O4S/c1-13-18(14(2)27-21-13)9-22-7-15-8-23(11-19(15,10-22)12-24)28(25,26)17-5-3-4-16(20)6-17/h3-6,15,24H,7-12H2,1-2H3. The smallest absolute Gasteiger partial charge is 0.243 e. The van der Waals surface area contributed by atoms with Crippen LogP contribution in [0.4, 0.5) is 4.39 Å². The molecule has 2 aliphatic heterocycles. The van der Waals surface area contributed by atoms with Crippen LogP contribution in [0.5, 0.6) is 0 Å². The Labute approximate surface area is 163 Å². The maximum Gasteiger partial charge on any atom is 0.243 e. The molecule has 2 atom stereocenters. The topological polar surface area (TPSA) is 86.9 Å². The molecule has 3 heterocycles. The fourth-order valence-electron chi connectivity index (χ4n) is 4.50. The molecule has 4 rings (SSSR count). The Kier molecular flexibility index (Phi) is 4.81. The van der Waals surface area contributed by atoms with E-state index in [0.717, 1.165) is 23.1 Å². The number of aryl methyl sites for hydroxylation is 2. The average molecular weight is 409 g/mol. The largest absolute Gasteiger partial charge is 0.396 e. The van der Waals surface area contributed by atoms with Crippen molar-refractivity contribution >= 4 is 10.0 Å². The van der Waals surface area contributed by atoms with Crippen LogP contribution in [0.2, 0.25) is 0 Å². The third-order valence-electron chi connectivity index (χ3n) is 6.11. The van der Waals surface area contributed by atoms with Crippen LogP contribution < -0.4 is 0 Å². The molecule has 0 saturated carbocycles. The highest BCUT2D eigenvalue weighted by molar-refractivity contribution is 7.89. The second-order valence-electron chi connectivity index (χ2n) is 7.94. The number of hydrogen-bond acceptors (Lipinski definition) is 6. The number of aromatic nitrogens is 1. The summed E-state index contributed by atoms with van der Waals surface area (Å²) in [5.41, 5.74) is 1.37. The van der Waals surface area contributed by atoms with Gasteiger partial charge in [-0.2, -0.15) is 4.31 Å². The third-order valence-corrected chi connectivity index (χ3v) is 7.92. The number of aliphatic hydroxyl groups is 1. The first-order valence-corrected chi connectivity index (χ1v) is 10.7. The van der Waals surface area contributed by atoms with Crippen LogP contribution in [0.1, 0.15) is 17.0 Å². The van der Waals surface area contributed by atoms with Gasteiger partial charge in [0.15, 0.2) is 0 Å². The minimum absolute atomic E-state index is 0.0151. The summed E-state index contributed by atoms with van der Waals surface area (Å²) < 4.78 is 46.0. The molecule has 152 valence electrons. The van der Waals surface area contributed by atoms with Crippen LogP contribution in [-0.4, -0.2) is 60.7 Å². The third kappa shape index (κ3) is 3.16. The highest BCUT2D eigenvalue weighted by Gasteiger charge is 2.54. The molecule has 0 amide bonds. The fraction of sp³-hybridized carbons (Fsp3) is 0.526. The summed E-state index contributed by atoms with van der Waals surface area (Å²) in [7, 11) is -3.79. The van der Waals surface area contributed by atoms with Crippen molar-refractivity contribution in [1.29, 1.82) is 0 Å². The van der Waals surface area contributed by atoms with Crippen LogP contribution >= 0.6 is 0 Å². The van der Waals surface area contributed by atoms with Gasteiger partial charge in [0, 0.05) is 43.7 Å². The van der Waals surface area contributed by atoms with Crippen molar-refractivity contribution < 1.29 is 22.4 Å². The summed E-state index contributed by atoms with van der Waals surface area (Å²) in [5, 5.41) is 14.1. The van der Waals surface area contributed by atoms with E-state index in [1.54, 1.807) is 0 Å². The molecule has 1 aromatic heterocycles. The van der Waals surface area contributed by atoms with E-state index in [0.29, 0.717) is 26.2 Å². The van der Waals surface area contributed by atoms with Gasteiger partial charge in [-0.15, -0.1) is 0 Å². The zero-order chi connectivity index (χ0) is 20.1. The molecule has 2 fully saturated rings. The molecular formula is C19H24FN3O4S. The van der Waals surface area contributed by atoms with Crippen molar-refractivity contribution in [2.24, 2.45) is 11.3 Å². The van der Waals surface area contributed by atoms with E-state index in [-0.39, 0.29) is 24.0 Å². The number of fused-ring (bicyclic) bond motifs is 1. The van der Waals surface area contributed by atoms with Crippen LogP contribution in [-0.2, 0) is 16.6 Å². The SMILES string of the molecule is Cc1noc(C)c1CN1CC2CN(S(=O)(=O)c3cccc(F)c3)CC2(CO)C1. The van der Waals surface area contributed by atoms with E-state index in [4.69, 9.17) is 4.52 Å². The van der Waals surface area contributed by atoms with Crippen molar-refractivity contribution in [3.63, 3.8) is 0 Å². The molecule has 2 saturated heterocycles. The lowest BCUT2D eigenvalue weighted by Crippen LogP contribution is -2.38. The Morgan fingerprint density at radius 2 is 2.11 bits per heavy atom. The first-order valence-electron chi connectivity index (χ1n) is 9.26. The Bertz CT molecular complexity index is 973. The lowest BCUT2D eigenvalue weighted by molar-refractivity contribution is 0.119. The van der Waals surface area contributed by atoms with E-state index in [1.807, 2.05) is 13.8 Å². The zero-order valence-electron chi connectivity index (χ0n) is 15.9. The molecule has 2 aromatic rings. The Morgan fingerprint density at radius 3 is 2.71 bits per heavy atom. The summed E-state index contributed by atoms with van der Waals surface area (Å²) in [6, 6.07) is 5.06. The Hall–Kier alpha value is -1.81. The monoisotopic (exact) mass is 409 g/mol. The molecule has 2 aliphatic rings. The van der Waals surface area contributed by atoms with Gasteiger partial charge in [0.25, 0.3) is 0 Å². The number of halogens is 1. The van der Waals surface area contributed by atoms with Gasteiger partial charge in [0.2, 0.25) is 10.0 Å². The number of benzene rings is 1. The molecule has 9 heteroatoms. The van der Waals surface area contributed by atoms with E-state index < -0.39 is 21.3 Å². The number of sulfonamides is 1. The highest BCUT2D eigenvalue weighted by Crippen LogP contribution is 2.44. The van der Waals surface area contributed by atoms with E-state index in [1.165, 1.54) is 22.5 Å². The first kappa shape index (κ1) is 19.5. The molecule has 0 spiro atoms. The molecule has 2 unspecified atom stereocenters. The van der Waals surface area contributed by atoms with Crippen molar-refractivity contribution in [1.82, 2.24) is 14.4 Å². The summed E-state index contributed by atoms with van der Waals surface area (Å²) in [6.07, 6.45) is 0. The molecule has 1 aromatic carbocycles. The summed E-state index contributed by atoms with van der Waals surface area (Å²) in [6.45, 7) is 6.16. The first-order chi connectivity index (χ1) is 13.2. The van der Waals surface area contributed by atoms with Gasteiger partial charge in [-0.1, -0.05) is 11.2 Å². The lowest BCUT2D eigenvalue weighted by Gasteiger charge is -2.27. The molecular weight excluding hydrogens is 385 g/mol. The predicted molar refractivity (Wildman–Crippen MR) is 99.4 cm³/mol. The van der Waals surface area contributed by atoms with Gasteiger partial charge < -0.3 is 9.63 Å². The quantitative estimate of drug-likeness (QED) is 0.806. The number of nitrogens with zero attached hydrogens (tertiary/aromatic N) is 3. The van der Waals surface area contributed by atoms with Crippen molar-refractivity contribution in [2.45, 2.75) is 25.3 Å². The minimum atomic E-state index is -3.79. The normalized spacial score (nSPS) is 26.1. The maximum absolute atomic E-state index is 13.5. The van der Waals surface area contributed by atoms with E-state index in [2.05, 4.69) is 10.1 Å². The zero-order valence-corrected chi connectivity index (χ0v) is 16.7. The van der Waals surface area contributed by atoms with Crippen molar-refractivity contribution in [3.05, 3.63) is 47.1 Å². The second kappa shape index (κ2) is 6.91. The van der Waals surface area contributed by atoms with Crippen LogP contribution in [0.3, 0.4) is 0 Å². The molecule has 1 N–H and O–H groups in total. The van der Waals surface area contributed by atoms with Gasteiger partial charge in [-0.3, -0.25) is 4.90 Å². The predicted octanol–water partition coefficient (Wildman–Crippen LogP) is 1.55. The summed E-state index contributed by atoms with van der Waals surface area (Å²) in [4.78, 5) is 2.17. The lowest BCUT2D eigenvalue weighted by atomic mass is 9.82. The van der Waals surface area contributed by atoms with Gasteiger partial charge in [0.1, 0.15) is 11.6 Å². The van der Waals surface area contributed by atoms with Crippen LogP contribution in [0.15, 0.2) is 33.7 Å². The van der Waals surface area contributed by atoms with Gasteiger partial charge in [-0.05, 0) is 38.0 Å². The molecule has 7 nitrogen and oxygen atoms in total. The highest BCUT2D eigenvalue weighted by atomic mass is 32.2. The Balaban J connectivity index is 1.53. The minimum Gasteiger partial charge on any atom is -0.396 e. The molecule has 0 aliphatic carbocycles. The van der Waals surface area contributed by atoms with Crippen LogP contribution in [0, 0.1) is 31.0 Å². The van der Waals surface area contributed by atoms with Gasteiger partial charge >= 0.3 is 0 Å². The van der Waals surface area contributed by atoms with E-state index >= 15 is 0 Å². The van der Waals surface area contributed by atoms with Crippen molar-refractivity contribution in [2.75, 3.05) is 32.8 Å². The number of hydrogen-bond donors (Lipinski definition) is 1. The maximum atomic E-state index is 13.5. The summed E-state index contributed by atoms with van der Waals surface area (Å²) in [5.74, 6) is 0.215. The van der Waals surface area contributed by atoms with Crippen molar-refractivity contribution in [3.8, 4) is 0 Å². The van der Waals surface area contributed by atoms with E-state index in [9.17, 15) is 17.9 Å². The summed E-state index contributed by atoms with van der Waals surface area (Å²) >= 11 is 0.